The molecular formula is C7H5ClFNO4. The Kier molecular flexibility index (Phi) is 3.97. The lowest BCUT2D eigenvalue weighted by Crippen LogP contribution is -2.01. The van der Waals surface area contributed by atoms with Crippen LogP contribution in [0.3, 0.4) is 0 Å². The van der Waals surface area contributed by atoms with Gasteiger partial charge in [0.25, 0.3) is 5.69 Å². The third-order valence-electron chi connectivity index (χ3n) is 1.39. The molecule has 0 aliphatic rings. The van der Waals surface area contributed by atoms with Crippen LogP contribution in [0.25, 0.3) is 0 Å². The van der Waals surface area contributed by atoms with Crippen molar-refractivity contribution in [1.82, 2.24) is 0 Å². The van der Waals surface area contributed by atoms with E-state index in [1.165, 1.54) is 0 Å². The normalized spacial score (nSPS) is 8.93. The molecule has 0 aliphatic heterocycles. The van der Waals surface area contributed by atoms with Crippen molar-refractivity contribution in [3.05, 3.63) is 39.7 Å². The van der Waals surface area contributed by atoms with Gasteiger partial charge < -0.3 is 5.11 Å². The largest absolute Gasteiger partial charge is 0.478 e. The Hall–Kier alpha value is -1.69. The lowest BCUT2D eigenvalue weighted by Gasteiger charge is -1.95. The summed E-state index contributed by atoms with van der Waals surface area (Å²) in [5.41, 5.74) is -1.05. The Balaban J connectivity index is 0.00000169. The maximum Gasteiger partial charge on any atom is 0.338 e. The van der Waals surface area contributed by atoms with Crippen molar-refractivity contribution in [2.75, 3.05) is 0 Å². The Morgan fingerprint density at radius 3 is 2.43 bits per heavy atom. The Morgan fingerprint density at radius 2 is 2.07 bits per heavy atom. The molecule has 0 unspecified atom stereocenters. The van der Waals surface area contributed by atoms with Gasteiger partial charge in [0.05, 0.1) is 16.6 Å². The average molecular weight is 222 g/mol. The average Bonchev–Trinajstić information content (AvgIpc) is 2.03. The molecule has 0 radical (unpaired) electrons. The quantitative estimate of drug-likeness (QED) is 0.610. The van der Waals surface area contributed by atoms with Crippen molar-refractivity contribution >= 4 is 24.1 Å². The summed E-state index contributed by atoms with van der Waals surface area (Å²) < 4.78 is 12.8. The minimum Gasteiger partial charge on any atom is -0.478 e. The summed E-state index contributed by atoms with van der Waals surface area (Å²) in [7, 11) is 0. The summed E-state index contributed by atoms with van der Waals surface area (Å²) in [6.07, 6.45) is 0. The molecule has 1 aromatic carbocycles. The van der Waals surface area contributed by atoms with Crippen LogP contribution in [0.2, 0.25) is 0 Å². The van der Waals surface area contributed by atoms with Crippen molar-refractivity contribution < 1.29 is 19.2 Å². The highest BCUT2D eigenvalue weighted by atomic mass is 35.5. The molecule has 0 aromatic heterocycles. The van der Waals surface area contributed by atoms with Gasteiger partial charge in [-0.05, 0) is 6.07 Å². The predicted molar refractivity (Wildman–Crippen MR) is 47.3 cm³/mol. The van der Waals surface area contributed by atoms with Crippen LogP contribution in [0.15, 0.2) is 18.2 Å². The van der Waals surface area contributed by atoms with E-state index < -0.39 is 28.0 Å². The zero-order valence-electron chi connectivity index (χ0n) is 6.64. The lowest BCUT2D eigenvalue weighted by atomic mass is 10.2. The second-order valence-electron chi connectivity index (χ2n) is 2.23. The highest BCUT2D eigenvalue weighted by molar-refractivity contribution is 5.88. The number of benzene rings is 1. The molecule has 0 bridgehead atoms. The summed E-state index contributed by atoms with van der Waals surface area (Å²) >= 11 is 0. The van der Waals surface area contributed by atoms with Crippen LogP contribution in [-0.2, 0) is 0 Å². The Bertz CT molecular complexity index is 382. The zero-order valence-corrected chi connectivity index (χ0v) is 7.45. The number of hydrogen-bond acceptors (Lipinski definition) is 3. The van der Waals surface area contributed by atoms with Crippen molar-refractivity contribution in [3.8, 4) is 0 Å². The van der Waals surface area contributed by atoms with Crippen LogP contribution in [0, 0.1) is 15.9 Å². The SMILES string of the molecule is Cl.O=C(O)c1ccc([N+](=O)[O-])cc1F. The van der Waals surface area contributed by atoms with Gasteiger partial charge in [0, 0.05) is 6.07 Å². The number of carbonyl (C=O) groups is 1. The van der Waals surface area contributed by atoms with Crippen molar-refractivity contribution in [3.63, 3.8) is 0 Å². The first-order valence-electron chi connectivity index (χ1n) is 3.19. The Labute approximate surface area is 83.7 Å². The van der Waals surface area contributed by atoms with Crippen molar-refractivity contribution in [2.24, 2.45) is 0 Å². The molecular weight excluding hydrogens is 217 g/mol. The molecule has 1 aromatic rings. The van der Waals surface area contributed by atoms with Gasteiger partial charge in [0.15, 0.2) is 0 Å². The fraction of sp³-hybridized carbons (Fsp3) is 0. The number of nitro benzene ring substituents is 1. The van der Waals surface area contributed by atoms with Crippen LogP contribution in [0.5, 0.6) is 0 Å². The number of rotatable bonds is 2. The zero-order chi connectivity index (χ0) is 10.0. The molecule has 0 heterocycles. The van der Waals surface area contributed by atoms with Gasteiger partial charge in [-0.1, -0.05) is 0 Å². The predicted octanol–water partition coefficient (Wildman–Crippen LogP) is 1.85. The van der Waals surface area contributed by atoms with E-state index in [-0.39, 0.29) is 12.4 Å². The maximum atomic E-state index is 12.8. The van der Waals surface area contributed by atoms with Crippen LogP contribution < -0.4 is 0 Å². The monoisotopic (exact) mass is 221 g/mol. The van der Waals surface area contributed by atoms with E-state index in [9.17, 15) is 19.3 Å². The second kappa shape index (κ2) is 4.52. The number of carboxylic acid groups (broad SMARTS) is 1. The topological polar surface area (TPSA) is 80.4 Å². The standard InChI is InChI=1S/C7H4FNO4.ClH/c8-6-3-4(9(12)13)1-2-5(6)7(10)11;/h1-3H,(H,10,11);1H. The van der Waals surface area contributed by atoms with E-state index in [4.69, 9.17) is 5.11 Å². The molecule has 5 nitrogen and oxygen atoms in total. The summed E-state index contributed by atoms with van der Waals surface area (Å²) in [5, 5.41) is 18.5. The summed E-state index contributed by atoms with van der Waals surface area (Å²) in [6, 6.07) is 2.37. The van der Waals surface area contributed by atoms with Crippen LogP contribution >= 0.6 is 12.4 Å². The molecule has 0 saturated heterocycles. The molecule has 0 aliphatic carbocycles. The molecule has 0 fully saturated rings. The molecule has 0 spiro atoms. The van der Waals surface area contributed by atoms with E-state index in [2.05, 4.69) is 0 Å². The van der Waals surface area contributed by atoms with Crippen LogP contribution in [0.4, 0.5) is 10.1 Å². The number of nitro groups is 1. The third-order valence-corrected chi connectivity index (χ3v) is 1.39. The second-order valence-corrected chi connectivity index (χ2v) is 2.23. The summed E-state index contributed by atoms with van der Waals surface area (Å²) in [6.45, 7) is 0. The van der Waals surface area contributed by atoms with Gasteiger partial charge in [0.2, 0.25) is 0 Å². The van der Waals surface area contributed by atoms with E-state index in [1.54, 1.807) is 0 Å². The van der Waals surface area contributed by atoms with E-state index in [1.807, 2.05) is 0 Å². The van der Waals surface area contributed by atoms with Gasteiger partial charge >= 0.3 is 5.97 Å². The van der Waals surface area contributed by atoms with Crippen LogP contribution in [0.1, 0.15) is 10.4 Å². The number of carboxylic acids is 1. The lowest BCUT2D eigenvalue weighted by molar-refractivity contribution is -0.385. The minimum atomic E-state index is -1.45. The molecule has 0 saturated carbocycles. The number of halogens is 2. The minimum absolute atomic E-state index is 0. The highest BCUT2D eigenvalue weighted by Crippen LogP contribution is 2.16. The first kappa shape index (κ1) is 12.3. The van der Waals surface area contributed by atoms with E-state index in [0.717, 1.165) is 12.1 Å². The van der Waals surface area contributed by atoms with Gasteiger partial charge in [0.1, 0.15) is 5.82 Å². The fourth-order valence-electron chi connectivity index (χ4n) is 0.791. The highest BCUT2D eigenvalue weighted by Gasteiger charge is 2.14. The van der Waals surface area contributed by atoms with Gasteiger partial charge in [-0.15, -0.1) is 12.4 Å². The summed E-state index contributed by atoms with van der Waals surface area (Å²) in [4.78, 5) is 19.6. The first-order valence-corrected chi connectivity index (χ1v) is 3.19. The van der Waals surface area contributed by atoms with Crippen molar-refractivity contribution in [2.45, 2.75) is 0 Å². The Morgan fingerprint density at radius 1 is 1.50 bits per heavy atom. The molecule has 1 rings (SSSR count). The number of non-ortho nitro benzene ring substituents is 1. The molecule has 0 amide bonds. The van der Waals surface area contributed by atoms with Gasteiger partial charge in [-0.3, -0.25) is 10.1 Å². The summed E-state index contributed by atoms with van der Waals surface area (Å²) in [5.74, 6) is -2.56. The molecule has 7 heteroatoms. The molecule has 1 N–H and O–H groups in total. The van der Waals surface area contributed by atoms with Gasteiger partial charge in [-0.25, -0.2) is 9.18 Å². The first-order chi connectivity index (χ1) is 6.02. The van der Waals surface area contributed by atoms with Crippen LogP contribution in [-0.4, -0.2) is 16.0 Å². The fourth-order valence-corrected chi connectivity index (χ4v) is 0.791. The molecule has 0 atom stereocenters. The number of aromatic carboxylic acids is 1. The van der Waals surface area contributed by atoms with E-state index >= 15 is 0 Å². The van der Waals surface area contributed by atoms with E-state index in [0.29, 0.717) is 6.07 Å². The number of hydrogen-bond donors (Lipinski definition) is 1. The molecule has 14 heavy (non-hydrogen) atoms. The third kappa shape index (κ3) is 2.40. The smallest absolute Gasteiger partial charge is 0.338 e. The van der Waals surface area contributed by atoms with Gasteiger partial charge in [-0.2, -0.15) is 0 Å². The number of nitrogens with zero attached hydrogens (tertiary/aromatic N) is 1. The molecule has 76 valence electrons. The maximum absolute atomic E-state index is 12.8. The van der Waals surface area contributed by atoms with Crippen molar-refractivity contribution in [1.29, 1.82) is 0 Å².